The molecule has 3 aromatic heterocycles. The van der Waals surface area contributed by atoms with Gasteiger partial charge in [-0.2, -0.15) is 0 Å². The highest BCUT2D eigenvalue weighted by atomic mass is 19.1. The Kier molecular flexibility index (Phi) is 9.21. The van der Waals surface area contributed by atoms with E-state index in [1.807, 2.05) is 13.8 Å². The summed E-state index contributed by atoms with van der Waals surface area (Å²) < 4.78 is 19.4. The number of carbonyl (C=O) groups excluding carboxylic acids is 1. The maximum absolute atomic E-state index is 14.0. The Morgan fingerprint density at radius 2 is 2.00 bits per heavy atom. The van der Waals surface area contributed by atoms with Gasteiger partial charge in [-0.3, -0.25) is 9.59 Å². The minimum Gasteiger partial charge on any atom is -0.469 e. The lowest BCUT2D eigenvalue weighted by Crippen LogP contribution is -2.32. The zero-order valence-electron chi connectivity index (χ0n) is 19.1. The molecule has 0 bridgehead atoms. The summed E-state index contributed by atoms with van der Waals surface area (Å²) >= 11 is 0. The molecule has 11 nitrogen and oxygen atoms in total. The zero-order valence-corrected chi connectivity index (χ0v) is 19.1. The van der Waals surface area contributed by atoms with E-state index in [1.165, 1.54) is 36.6 Å². The lowest BCUT2D eigenvalue weighted by Gasteiger charge is -2.13. The zero-order chi connectivity index (χ0) is 24.4. The maximum atomic E-state index is 14.0. The molecule has 0 unspecified atom stereocenters. The molecule has 1 aromatic carbocycles. The van der Waals surface area contributed by atoms with Gasteiger partial charge in [0.1, 0.15) is 23.0 Å². The first kappa shape index (κ1) is 25.2. The Labute approximate surface area is 189 Å². The molecule has 0 saturated heterocycles. The lowest BCUT2D eigenvalue weighted by molar-refractivity contribution is -0.140. The summed E-state index contributed by atoms with van der Waals surface area (Å²) in [5.41, 5.74) is 3.70. The number of carbonyl (C=O) groups is 1. The van der Waals surface area contributed by atoms with E-state index in [9.17, 15) is 14.0 Å². The molecule has 0 aliphatic carbocycles. The average Bonchev–Trinajstić information content (AvgIpc) is 3.33. The van der Waals surface area contributed by atoms with Gasteiger partial charge in [0.05, 0.1) is 25.5 Å². The predicted octanol–water partition coefficient (Wildman–Crippen LogP) is 2.58. The molecule has 0 atom stereocenters. The van der Waals surface area contributed by atoms with Gasteiger partial charge in [0.25, 0.3) is 5.56 Å². The summed E-state index contributed by atoms with van der Waals surface area (Å²) in [7, 11) is 2.95. The molecule has 3 heterocycles. The highest BCUT2D eigenvalue weighted by molar-refractivity contribution is 5.82. The number of hydrogen-bond acceptors (Lipinski definition) is 9. The fraction of sp³-hybridized carbons (Fsp3) is 0.333. The van der Waals surface area contributed by atoms with Crippen LogP contribution in [0.15, 0.2) is 35.6 Å². The van der Waals surface area contributed by atoms with Crippen molar-refractivity contribution in [1.82, 2.24) is 29.6 Å². The van der Waals surface area contributed by atoms with Crippen LogP contribution in [-0.2, 0) is 16.1 Å². The van der Waals surface area contributed by atoms with Crippen LogP contribution in [0, 0.1) is 5.82 Å². The number of aromatic amines is 1. The third-order valence-corrected chi connectivity index (χ3v) is 4.29. The number of nitrogens with zero attached hydrogens (tertiary/aromatic N) is 5. The predicted molar refractivity (Wildman–Crippen MR) is 124 cm³/mol. The molecule has 0 saturated carbocycles. The van der Waals surface area contributed by atoms with Crippen molar-refractivity contribution in [3.63, 3.8) is 0 Å². The summed E-state index contributed by atoms with van der Waals surface area (Å²) in [4.78, 5) is 42.1. The van der Waals surface area contributed by atoms with Crippen LogP contribution in [0.2, 0.25) is 0 Å². The van der Waals surface area contributed by atoms with Crippen LogP contribution in [0.5, 0.6) is 0 Å². The highest BCUT2D eigenvalue weighted by Crippen LogP contribution is 2.16. The van der Waals surface area contributed by atoms with Gasteiger partial charge in [-0.05, 0) is 12.1 Å². The number of aromatic nitrogens is 6. The summed E-state index contributed by atoms with van der Waals surface area (Å²) in [5, 5.41) is 3.04. The molecule has 4 aromatic rings. The van der Waals surface area contributed by atoms with Crippen molar-refractivity contribution in [3.8, 4) is 0 Å². The summed E-state index contributed by atoms with van der Waals surface area (Å²) in [6.45, 7) is 5.94. The van der Waals surface area contributed by atoms with Gasteiger partial charge >= 0.3 is 5.97 Å². The van der Waals surface area contributed by atoms with Gasteiger partial charge in [0, 0.05) is 13.5 Å². The molecule has 176 valence electrons. The van der Waals surface area contributed by atoms with E-state index in [-0.39, 0.29) is 17.9 Å². The normalized spacial score (nSPS) is 10.0. The molecular formula is C21H27FN8O3. The van der Waals surface area contributed by atoms with Crippen LogP contribution in [0.1, 0.15) is 33.0 Å². The third-order valence-electron chi connectivity index (χ3n) is 4.29. The molecule has 0 amide bonds. The second kappa shape index (κ2) is 12.1. The topological polar surface area (TPSA) is 140 Å². The molecule has 33 heavy (non-hydrogen) atoms. The van der Waals surface area contributed by atoms with E-state index in [1.54, 1.807) is 20.0 Å². The monoisotopic (exact) mass is 458 g/mol. The number of methoxy groups -OCH3 is 1. The van der Waals surface area contributed by atoms with Crippen molar-refractivity contribution in [2.24, 2.45) is 0 Å². The second-order valence-electron chi connectivity index (χ2n) is 6.13. The first-order chi connectivity index (χ1) is 16.0. The minimum atomic E-state index is -0.603. The van der Waals surface area contributed by atoms with E-state index in [0.29, 0.717) is 34.7 Å². The van der Waals surface area contributed by atoms with Crippen molar-refractivity contribution in [1.29, 1.82) is 0 Å². The number of halogens is 1. The molecule has 3 N–H and O–H groups in total. The molecule has 0 fully saturated rings. The third kappa shape index (κ3) is 5.79. The van der Waals surface area contributed by atoms with Crippen molar-refractivity contribution in [2.75, 3.05) is 24.9 Å². The number of fused-ring (bicyclic) bond motifs is 2. The second-order valence-corrected chi connectivity index (χ2v) is 6.13. The number of hydrogen-bond donors (Lipinski definition) is 3. The summed E-state index contributed by atoms with van der Waals surface area (Å²) in [6, 6.07) is 4.35. The van der Waals surface area contributed by atoms with Gasteiger partial charge in [-0.15, -0.1) is 0 Å². The van der Waals surface area contributed by atoms with Crippen LogP contribution in [0.3, 0.4) is 0 Å². The largest absolute Gasteiger partial charge is 0.469 e. The number of nitrogens with one attached hydrogen (secondary N) is 3. The number of anilines is 1. The Bertz CT molecular complexity index is 1270. The Morgan fingerprint density at radius 3 is 2.64 bits per heavy atom. The van der Waals surface area contributed by atoms with Crippen molar-refractivity contribution >= 4 is 33.9 Å². The maximum Gasteiger partial charge on any atom is 0.305 e. The summed E-state index contributed by atoms with van der Waals surface area (Å²) in [6.07, 6.45) is 3.38. The fourth-order valence-electron chi connectivity index (χ4n) is 2.79. The SMILES string of the molecule is CC.CCC(=O)OC.CNn1c(CNc2ncnc3nc[nH]c23)nc2cccc(F)c2c1=O. The minimum absolute atomic E-state index is 0.0569. The Hall–Kier alpha value is -4.09. The van der Waals surface area contributed by atoms with E-state index in [2.05, 4.69) is 40.4 Å². The first-order valence-electron chi connectivity index (χ1n) is 10.3. The van der Waals surface area contributed by atoms with E-state index in [0.717, 1.165) is 0 Å². The van der Waals surface area contributed by atoms with Gasteiger partial charge < -0.3 is 20.5 Å². The molecular weight excluding hydrogens is 431 g/mol. The Balaban J connectivity index is 0.000000421. The average molecular weight is 458 g/mol. The number of rotatable bonds is 5. The van der Waals surface area contributed by atoms with Crippen LogP contribution < -0.4 is 16.3 Å². The summed E-state index contributed by atoms with van der Waals surface area (Å²) in [5.74, 6) is 0.152. The molecule has 12 heteroatoms. The van der Waals surface area contributed by atoms with Crippen LogP contribution in [0.4, 0.5) is 10.2 Å². The lowest BCUT2D eigenvalue weighted by atomic mass is 10.2. The molecule has 0 aliphatic rings. The number of esters is 1. The number of imidazole rings is 1. The first-order valence-corrected chi connectivity index (χ1v) is 10.3. The van der Waals surface area contributed by atoms with Crippen molar-refractivity contribution in [3.05, 3.63) is 52.8 Å². The van der Waals surface area contributed by atoms with Crippen LogP contribution >= 0.6 is 0 Å². The van der Waals surface area contributed by atoms with Crippen LogP contribution in [-0.4, -0.2) is 49.7 Å². The molecule has 0 radical (unpaired) electrons. The van der Waals surface area contributed by atoms with E-state index < -0.39 is 11.4 Å². The number of benzene rings is 1. The van der Waals surface area contributed by atoms with Crippen molar-refractivity contribution in [2.45, 2.75) is 33.7 Å². The Morgan fingerprint density at radius 1 is 1.24 bits per heavy atom. The highest BCUT2D eigenvalue weighted by Gasteiger charge is 2.14. The quantitative estimate of drug-likeness (QED) is 0.385. The van der Waals surface area contributed by atoms with Gasteiger partial charge in [0.15, 0.2) is 17.3 Å². The number of ether oxygens (including phenoxy) is 1. The van der Waals surface area contributed by atoms with Crippen LogP contribution in [0.25, 0.3) is 22.1 Å². The molecule has 0 aliphatic heterocycles. The fourth-order valence-corrected chi connectivity index (χ4v) is 2.79. The van der Waals surface area contributed by atoms with Gasteiger partial charge in [-0.25, -0.2) is 29.0 Å². The van der Waals surface area contributed by atoms with E-state index >= 15 is 0 Å². The molecule has 4 rings (SSSR count). The van der Waals surface area contributed by atoms with Gasteiger partial charge in [0.2, 0.25) is 0 Å². The van der Waals surface area contributed by atoms with Gasteiger partial charge in [-0.1, -0.05) is 26.8 Å². The standard InChI is InChI=1S/C15H13FN8O.C4H8O2.C2H6/c1-17-24-10(23-9-4-2-3-8(16)11(9)15(24)25)5-18-13-12-14(20-6-19-12)22-7-21-13;1-3-4(5)6-2;1-2/h2-4,6-7,17H,5H2,1H3,(H2,18,19,20,21,22);3H2,1-2H3;1-2H3. The van der Waals surface area contributed by atoms with Crippen molar-refractivity contribution < 1.29 is 13.9 Å². The van der Waals surface area contributed by atoms with E-state index in [4.69, 9.17) is 0 Å². The molecule has 0 spiro atoms. The number of H-pyrrole nitrogens is 1. The smallest absolute Gasteiger partial charge is 0.305 e.